The van der Waals surface area contributed by atoms with Gasteiger partial charge in [-0.15, -0.1) is 0 Å². The zero-order chi connectivity index (χ0) is 26.5. The molecular weight excluding hydrogens is 456 g/mol. The van der Waals surface area contributed by atoms with Crippen LogP contribution in [0.1, 0.15) is 63.0 Å². The Kier molecular flexibility index (Phi) is 11.7. The third-order valence-electron chi connectivity index (χ3n) is 7.21. The Morgan fingerprint density at radius 2 is 1.73 bits per heavy atom. The van der Waals surface area contributed by atoms with Crippen molar-refractivity contribution >= 4 is 5.57 Å². The van der Waals surface area contributed by atoms with Crippen molar-refractivity contribution in [1.82, 2.24) is 10.2 Å². The predicted octanol–water partition coefficient (Wildman–Crippen LogP) is 6.81. The molecule has 3 N–H and O–H groups in total. The molecule has 0 amide bonds. The van der Waals surface area contributed by atoms with E-state index in [1.54, 1.807) is 12.1 Å². The molecule has 1 fully saturated rings. The summed E-state index contributed by atoms with van der Waals surface area (Å²) in [5.41, 5.74) is 6.56. The molecule has 4 nitrogen and oxygen atoms in total. The van der Waals surface area contributed by atoms with Gasteiger partial charge in [-0.1, -0.05) is 80.1 Å². The number of hydrogen-bond donors (Lipinski definition) is 3. The minimum atomic E-state index is 0.139. The van der Waals surface area contributed by atoms with Gasteiger partial charge in [0.25, 0.3) is 0 Å². The van der Waals surface area contributed by atoms with Crippen LogP contribution >= 0.6 is 0 Å². The third kappa shape index (κ3) is 8.77. The van der Waals surface area contributed by atoms with Gasteiger partial charge in [0.15, 0.2) is 0 Å². The van der Waals surface area contributed by atoms with E-state index < -0.39 is 0 Å². The summed E-state index contributed by atoms with van der Waals surface area (Å²) >= 11 is 0. The Bertz CT molecular complexity index is 1060. The smallest absolute Gasteiger partial charge is 0.115 e. The number of piperidine rings is 1. The normalized spacial score (nSPS) is 16.5. The van der Waals surface area contributed by atoms with Gasteiger partial charge in [-0.05, 0) is 86.2 Å². The number of aliphatic hydroxyl groups is 1. The zero-order valence-corrected chi connectivity index (χ0v) is 22.6. The second-order valence-electron chi connectivity index (χ2n) is 9.84. The van der Waals surface area contributed by atoms with Crippen LogP contribution in [0.25, 0.3) is 5.57 Å². The maximum Gasteiger partial charge on any atom is 0.115 e. The van der Waals surface area contributed by atoms with Crippen molar-refractivity contribution in [3.63, 3.8) is 0 Å². The first kappa shape index (κ1) is 28.5. The molecule has 3 rings (SSSR count). The molecule has 0 aromatic heterocycles. The molecule has 1 saturated heterocycles. The number of benzene rings is 2. The largest absolute Gasteiger partial charge is 0.508 e. The Morgan fingerprint density at radius 1 is 1.03 bits per heavy atom. The van der Waals surface area contributed by atoms with E-state index >= 15 is 0 Å². The first-order valence-corrected chi connectivity index (χ1v) is 13.7. The second kappa shape index (κ2) is 15.2. The number of aliphatic hydroxyl groups excluding tert-OH is 1. The molecule has 1 aliphatic rings. The van der Waals surface area contributed by atoms with Crippen LogP contribution < -0.4 is 5.32 Å². The van der Waals surface area contributed by atoms with Crippen molar-refractivity contribution < 1.29 is 10.2 Å². The molecule has 0 bridgehead atoms. The fourth-order valence-electron chi connectivity index (χ4n) is 5.05. The Labute approximate surface area is 223 Å². The van der Waals surface area contributed by atoms with Gasteiger partial charge in [-0.3, -0.25) is 0 Å². The van der Waals surface area contributed by atoms with E-state index in [0.717, 1.165) is 41.9 Å². The van der Waals surface area contributed by atoms with Gasteiger partial charge in [0.2, 0.25) is 0 Å². The van der Waals surface area contributed by atoms with E-state index in [0.29, 0.717) is 6.42 Å². The highest BCUT2D eigenvalue weighted by Gasteiger charge is 2.19. The number of likely N-dealkylation sites (tertiary alicyclic amines) is 1. The Balaban J connectivity index is 1.87. The number of nitrogens with one attached hydrogen (secondary N) is 1. The van der Waals surface area contributed by atoms with Gasteiger partial charge < -0.3 is 20.4 Å². The van der Waals surface area contributed by atoms with Crippen molar-refractivity contribution in [1.29, 1.82) is 0 Å². The molecule has 2 aromatic rings. The molecule has 1 atom stereocenters. The molecular formula is C33H44N2O2. The number of phenols is 1. The number of aromatic hydroxyl groups is 1. The van der Waals surface area contributed by atoms with Crippen molar-refractivity contribution in [2.75, 3.05) is 32.8 Å². The second-order valence-corrected chi connectivity index (χ2v) is 9.84. The Morgan fingerprint density at radius 3 is 2.38 bits per heavy atom. The van der Waals surface area contributed by atoms with Crippen molar-refractivity contribution in [2.45, 2.75) is 51.9 Å². The van der Waals surface area contributed by atoms with E-state index in [9.17, 15) is 10.2 Å². The van der Waals surface area contributed by atoms with Crippen LogP contribution in [0.2, 0.25) is 0 Å². The van der Waals surface area contributed by atoms with Crippen LogP contribution in [0.15, 0.2) is 96.2 Å². The van der Waals surface area contributed by atoms with Crippen LogP contribution in [-0.2, 0) is 0 Å². The lowest BCUT2D eigenvalue weighted by molar-refractivity contribution is 0.231. The predicted molar refractivity (Wildman–Crippen MR) is 157 cm³/mol. The number of allylic oxidation sites excluding steroid dienone is 6. The van der Waals surface area contributed by atoms with Crippen molar-refractivity contribution in [3.8, 4) is 5.75 Å². The molecule has 1 unspecified atom stereocenters. The number of nitrogens with zero attached hydrogens (tertiary/aromatic N) is 1. The lowest BCUT2D eigenvalue weighted by atomic mass is 9.82. The topological polar surface area (TPSA) is 55.7 Å². The average Bonchev–Trinajstić information content (AvgIpc) is 2.94. The summed E-state index contributed by atoms with van der Waals surface area (Å²) in [5.74, 6) is 0.400. The van der Waals surface area contributed by atoms with E-state index in [1.807, 2.05) is 18.2 Å². The number of hydrogen-bond acceptors (Lipinski definition) is 4. The van der Waals surface area contributed by atoms with E-state index in [4.69, 9.17) is 0 Å². The summed E-state index contributed by atoms with van der Waals surface area (Å²) in [6, 6.07) is 17.8. The van der Waals surface area contributed by atoms with Crippen LogP contribution in [-0.4, -0.2) is 47.9 Å². The van der Waals surface area contributed by atoms with Crippen LogP contribution in [0.3, 0.4) is 0 Å². The summed E-state index contributed by atoms with van der Waals surface area (Å²) in [7, 11) is 0. The van der Waals surface area contributed by atoms with E-state index in [2.05, 4.69) is 73.1 Å². The summed E-state index contributed by atoms with van der Waals surface area (Å²) in [4.78, 5) is 2.54. The molecule has 0 saturated carbocycles. The maximum atomic E-state index is 9.92. The SMILES string of the molecule is C=C(/C=C\C(=C/C)NCCN1CCCCC1)/C(=C(/CCCO)C(C)c1ccccc1)c1ccc(O)cc1. The third-order valence-corrected chi connectivity index (χ3v) is 7.21. The molecule has 37 heavy (non-hydrogen) atoms. The lowest BCUT2D eigenvalue weighted by Crippen LogP contribution is -2.35. The fraction of sp³-hybridized carbons (Fsp3) is 0.394. The molecule has 0 spiro atoms. The highest BCUT2D eigenvalue weighted by Crippen LogP contribution is 2.38. The fourth-order valence-corrected chi connectivity index (χ4v) is 5.05. The quantitative estimate of drug-likeness (QED) is 0.264. The minimum Gasteiger partial charge on any atom is -0.508 e. The van der Waals surface area contributed by atoms with E-state index in [1.165, 1.54) is 43.5 Å². The summed E-state index contributed by atoms with van der Waals surface area (Å²) in [6.07, 6.45) is 11.7. The van der Waals surface area contributed by atoms with Gasteiger partial charge in [-0.25, -0.2) is 0 Å². The van der Waals surface area contributed by atoms with Crippen LogP contribution in [0.4, 0.5) is 0 Å². The van der Waals surface area contributed by atoms with Gasteiger partial charge in [-0.2, -0.15) is 0 Å². The van der Waals surface area contributed by atoms with Crippen molar-refractivity contribution in [3.05, 3.63) is 107 Å². The summed E-state index contributed by atoms with van der Waals surface area (Å²) in [5, 5.41) is 23.2. The highest BCUT2D eigenvalue weighted by atomic mass is 16.3. The molecule has 198 valence electrons. The first-order chi connectivity index (χ1) is 18.0. The van der Waals surface area contributed by atoms with Crippen LogP contribution in [0.5, 0.6) is 5.75 Å². The summed E-state index contributed by atoms with van der Waals surface area (Å²) < 4.78 is 0. The molecule has 0 radical (unpaired) electrons. The van der Waals surface area contributed by atoms with Gasteiger partial charge in [0.1, 0.15) is 5.75 Å². The first-order valence-electron chi connectivity index (χ1n) is 13.7. The number of phenolic OH excluding ortho intramolecular Hbond substituents is 1. The van der Waals surface area contributed by atoms with Crippen molar-refractivity contribution in [2.24, 2.45) is 0 Å². The maximum absolute atomic E-state index is 9.92. The zero-order valence-electron chi connectivity index (χ0n) is 22.6. The van der Waals surface area contributed by atoms with Gasteiger partial charge >= 0.3 is 0 Å². The average molecular weight is 501 g/mol. The van der Waals surface area contributed by atoms with E-state index in [-0.39, 0.29) is 18.3 Å². The molecule has 4 heteroatoms. The summed E-state index contributed by atoms with van der Waals surface area (Å²) in [6.45, 7) is 13.3. The number of rotatable bonds is 13. The Hall–Kier alpha value is -3.08. The van der Waals surface area contributed by atoms with Crippen LogP contribution in [0, 0.1) is 0 Å². The minimum absolute atomic E-state index is 0.139. The standard InChI is InChI=1S/C33H44N2O2/c1-4-30(34-21-24-35-22-9-6-10-23-35)18-15-26(2)33(29-16-19-31(37)20-17-29)32(14-11-25-36)27(3)28-12-7-5-8-13-28/h4-5,7-8,12-13,15-20,27,34,36-37H,2,6,9-11,14,21-25H2,1,3H3/b18-15-,30-4+,33-32+. The monoisotopic (exact) mass is 500 g/mol. The van der Waals surface area contributed by atoms with Gasteiger partial charge in [0, 0.05) is 31.3 Å². The van der Waals surface area contributed by atoms with Gasteiger partial charge in [0.05, 0.1) is 0 Å². The molecule has 0 aliphatic carbocycles. The lowest BCUT2D eigenvalue weighted by Gasteiger charge is -2.26. The molecule has 1 heterocycles. The highest BCUT2D eigenvalue weighted by molar-refractivity contribution is 5.84. The molecule has 2 aromatic carbocycles. The molecule has 1 aliphatic heterocycles.